The molecule has 1 aliphatic heterocycles. The van der Waals surface area contributed by atoms with Crippen LogP contribution in [0.5, 0.6) is 0 Å². The molecule has 1 aromatic heterocycles. The third kappa shape index (κ3) is 4.90. The van der Waals surface area contributed by atoms with Gasteiger partial charge in [-0.15, -0.1) is 0 Å². The van der Waals surface area contributed by atoms with E-state index in [1.54, 1.807) is 11.1 Å². The van der Waals surface area contributed by atoms with E-state index in [9.17, 15) is 9.59 Å². The molecule has 0 bridgehead atoms. The van der Waals surface area contributed by atoms with Crippen molar-refractivity contribution in [3.05, 3.63) is 65.4 Å². The summed E-state index contributed by atoms with van der Waals surface area (Å²) in [6.45, 7) is 7.16. The van der Waals surface area contributed by atoms with Gasteiger partial charge >= 0.3 is 0 Å². The molecule has 180 valence electrons. The molecule has 1 aliphatic carbocycles. The van der Waals surface area contributed by atoms with Gasteiger partial charge in [0.05, 0.1) is 6.20 Å². The van der Waals surface area contributed by atoms with E-state index in [0.29, 0.717) is 49.2 Å². The summed E-state index contributed by atoms with van der Waals surface area (Å²) in [6.07, 6.45) is 4.70. The summed E-state index contributed by atoms with van der Waals surface area (Å²) in [5.41, 5.74) is 5.89. The molecule has 1 amide bonds. The van der Waals surface area contributed by atoms with Gasteiger partial charge in [0.25, 0.3) is 0 Å². The topological polar surface area (TPSA) is 78.4 Å². The summed E-state index contributed by atoms with van der Waals surface area (Å²) in [6, 6.07) is 14.3. The summed E-state index contributed by atoms with van der Waals surface area (Å²) < 4.78 is 0. The van der Waals surface area contributed by atoms with Gasteiger partial charge in [-0.05, 0) is 69.0 Å². The molecule has 2 aliphatic rings. The molecule has 0 unspecified atom stereocenters. The predicted octanol–water partition coefficient (Wildman–Crippen LogP) is 5.25. The standard InChI is InChI=1S/C28H31N5O2/c1-4-32-24-17-29-28(30-22-10-9-21(19(3)15-22)16-25(34)20-7-8-20)31-27(24)33(14-13-26(32)35)23-11-5-18(2)6-12-23/h5-6,9-12,15,17,20H,4,7-8,13-14,16H2,1-3H3,(H,29,30,31). The van der Waals surface area contributed by atoms with E-state index >= 15 is 0 Å². The molecule has 35 heavy (non-hydrogen) atoms. The first-order valence-electron chi connectivity index (χ1n) is 12.3. The molecule has 1 N–H and O–H groups in total. The van der Waals surface area contributed by atoms with Crippen LogP contribution in [-0.4, -0.2) is 34.7 Å². The number of hydrogen-bond acceptors (Lipinski definition) is 6. The highest BCUT2D eigenvalue weighted by Gasteiger charge is 2.30. The minimum Gasteiger partial charge on any atom is -0.324 e. The van der Waals surface area contributed by atoms with Gasteiger partial charge in [0.2, 0.25) is 11.9 Å². The van der Waals surface area contributed by atoms with E-state index in [2.05, 4.69) is 46.4 Å². The number of fused-ring (bicyclic) bond motifs is 1. The molecule has 1 fully saturated rings. The van der Waals surface area contributed by atoms with Crippen molar-refractivity contribution in [2.45, 2.75) is 46.5 Å². The minimum absolute atomic E-state index is 0.0691. The SMILES string of the molecule is CCN1C(=O)CCN(c2ccc(C)cc2)c2nc(Nc3ccc(CC(=O)C4CC4)c(C)c3)ncc21. The smallest absolute Gasteiger partial charge is 0.229 e. The summed E-state index contributed by atoms with van der Waals surface area (Å²) >= 11 is 0. The number of aryl methyl sites for hydroxylation is 2. The summed E-state index contributed by atoms with van der Waals surface area (Å²) in [7, 11) is 0. The van der Waals surface area contributed by atoms with Gasteiger partial charge in [-0.3, -0.25) is 9.59 Å². The van der Waals surface area contributed by atoms with E-state index in [4.69, 9.17) is 4.98 Å². The average Bonchev–Trinajstić information content (AvgIpc) is 3.70. The Bertz CT molecular complexity index is 1270. The summed E-state index contributed by atoms with van der Waals surface area (Å²) in [5.74, 6) is 1.86. The number of hydrogen-bond donors (Lipinski definition) is 1. The second-order valence-corrected chi connectivity index (χ2v) is 9.46. The van der Waals surface area contributed by atoms with Crippen LogP contribution in [0.4, 0.5) is 28.8 Å². The van der Waals surface area contributed by atoms with Crippen molar-refractivity contribution >= 4 is 40.5 Å². The van der Waals surface area contributed by atoms with Gasteiger partial charge in [-0.1, -0.05) is 23.8 Å². The molecular formula is C28H31N5O2. The molecule has 0 radical (unpaired) electrons. The maximum atomic E-state index is 12.8. The van der Waals surface area contributed by atoms with Crippen molar-refractivity contribution < 1.29 is 9.59 Å². The van der Waals surface area contributed by atoms with Crippen LogP contribution in [0.15, 0.2) is 48.7 Å². The van der Waals surface area contributed by atoms with Crippen molar-refractivity contribution in [3.63, 3.8) is 0 Å². The second kappa shape index (κ2) is 9.49. The van der Waals surface area contributed by atoms with Crippen molar-refractivity contribution in [3.8, 4) is 0 Å². The minimum atomic E-state index is 0.0691. The zero-order chi connectivity index (χ0) is 24.5. The average molecular weight is 470 g/mol. The molecule has 5 rings (SSSR count). The van der Waals surface area contributed by atoms with Crippen LogP contribution in [0.2, 0.25) is 0 Å². The molecule has 0 spiro atoms. The highest BCUT2D eigenvalue weighted by atomic mass is 16.2. The Kier molecular flexibility index (Phi) is 6.24. The van der Waals surface area contributed by atoms with Gasteiger partial charge in [-0.2, -0.15) is 4.98 Å². The van der Waals surface area contributed by atoms with Gasteiger partial charge < -0.3 is 15.1 Å². The highest BCUT2D eigenvalue weighted by molar-refractivity contribution is 5.98. The fraction of sp³-hybridized carbons (Fsp3) is 0.357. The molecule has 1 saturated carbocycles. The lowest BCUT2D eigenvalue weighted by Crippen LogP contribution is -2.30. The Labute approximate surface area is 206 Å². The Morgan fingerprint density at radius 1 is 1.11 bits per heavy atom. The van der Waals surface area contributed by atoms with Crippen molar-refractivity contribution in [2.75, 3.05) is 28.2 Å². The molecule has 0 atom stereocenters. The largest absolute Gasteiger partial charge is 0.324 e. The number of aromatic nitrogens is 2. The molecule has 7 heteroatoms. The first-order chi connectivity index (χ1) is 16.9. The molecule has 2 heterocycles. The Morgan fingerprint density at radius 2 is 1.89 bits per heavy atom. The first-order valence-corrected chi connectivity index (χ1v) is 12.3. The molecule has 2 aromatic carbocycles. The molecular weight excluding hydrogens is 438 g/mol. The normalized spacial score (nSPS) is 15.6. The lowest BCUT2D eigenvalue weighted by molar-refractivity contribution is -0.120. The maximum Gasteiger partial charge on any atom is 0.229 e. The fourth-order valence-corrected chi connectivity index (χ4v) is 4.56. The van der Waals surface area contributed by atoms with Crippen LogP contribution in [-0.2, 0) is 16.0 Å². The van der Waals surface area contributed by atoms with Crippen LogP contribution >= 0.6 is 0 Å². The number of benzene rings is 2. The number of anilines is 5. The van der Waals surface area contributed by atoms with Crippen LogP contribution in [0.25, 0.3) is 0 Å². The fourth-order valence-electron chi connectivity index (χ4n) is 4.56. The quantitative estimate of drug-likeness (QED) is 0.509. The van der Waals surface area contributed by atoms with E-state index in [-0.39, 0.29) is 11.8 Å². The lowest BCUT2D eigenvalue weighted by Gasteiger charge is -2.25. The van der Waals surface area contributed by atoms with Crippen LogP contribution < -0.4 is 15.1 Å². The number of nitrogens with zero attached hydrogens (tertiary/aromatic N) is 4. The van der Waals surface area contributed by atoms with Crippen LogP contribution in [0.1, 0.15) is 42.9 Å². The van der Waals surface area contributed by atoms with E-state index in [1.165, 1.54) is 5.56 Å². The van der Waals surface area contributed by atoms with Crippen molar-refractivity contribution in [1.29, 1.82) is 0 Å². The number of ketones is 1. The second-order valence-electron chi connectivity index (χ2n) is 9.46. The molecule has 0 saturated heterocycles. The Balaban J connectivity index is 1.45. The summed E-state index contributed by atoms with van der Waals surface area (Å²) in [4.78, 5) is 38.3. The summed E-state index contributed by atoms with van der Waals surface area (Å²) in [5, 5.41) is 3.32. The van der Waals surface area contributed by atoms with Crippen LogP contribution in [0, 0.1) is 19.8 Å². The lowest BCUT2D eigenvalue weighted by atomic mass is 10.0. The first kappa shape index (κ1) is 23.0. The number of nitrogens with one attached hydrogen (secondary N) is 1. The number of rotatable bonds is 7. The number of carbonyl (C=O) groups excluding carboxylic acids is 2. The van der Waals surface area contributed by atoms with E-state index in [0.717, 1.165) is 35.3 Å². The van der Waals surface area contributed by atoms with Crippen molar-refractivity contribution in [1.82, 2.24) is 9.97 Å². The van der Waals surface area contributed by atoms with Gasteiger partial charge in [0.1, 0.15) is 11.5 Å². The third-order valence-corrected chi connectivity index (χ3v) is 6.80. The third-order valence-electron chi connectivity index (χ3n) is 6.80. The maximum absolute atomic E-state index is 12.8. The van der Waals surface area contributed by atoms with E-state index < -0.39 is 0 Å². The number of carbonyl (C=O) groups is 2. The molecule has 3 aromatic rings. The van der Waals surface area contributed by atoms with Gasteiger partial charge in [0, 0.05) is 43.2 Å². The zero-order valence-corrected chi connectivity index (χ0v) is 20.5. The molecule has 7 nitrogen and oxygen atoms in total. The Morgan fingerprint density at radius 3 is 2.57 bits per heavy atom. The predicted molar refractivity (Wildman–Crippen MR) is 139 cm³/mol. The zero-order valence-electron chi connectivity index (χ0n) is 20.5. The van der Waals surface area contributed by atoms with Crippen molar-refractivity contribution in [2.24, 2.45) is 5.92 Å². The number of Topliss-reactive ketones (excluding diaryl/α,β-unsaturated/α-hetero) is 1. The highest BCUT2D eigenvalue weighted by Crippen LogP contribution is 2.36. The van der Waals surface area contributed by atoms with E-state index in [1.807, 2.05) is 32.0 Å². The monoisotopic (exact) mass is 469 g/mol. The van der Waals surface area contributed by atoms with Gasteiger partial charge in [-0.25, -0.2) is 4.98 Å². The Hall–Kier alpha value is -3.74. The van der Waals surface area contributed by atoms with Crippen LogP contribution in [0.3, 0.4) is 0 Å². The number of amides is 1. The van der Waals surface area contributed by atoms with Gasteiger partial charge in [0.15, 0.2) is 5.82 Å².